The summed E-state index contributed by atoms with van der Waals surface area (Å²) in [5.41, 5.74) is 0. The molecular weight excluding hydrogens is 378 g/mol. The molecule has 2 bridgehead atoms. The zero-order chi connectivity index (χ0) is 20.9. The zero-order valence-corrected chi connectivity index (χ0v) is 19.0. The first-order valence-corrected chi connectivity index (χ1v) is 11.9. The summed E-state index contributed by atoms with van der Waals surface area (Å²) < 4.78 is 7.50. The fraction of sp³-hybridized carbons (Fsp3) is 0.864. The Morgan fingerprint density at radius 1 is 1.17 bits per heavy atom. The Hall–Kier alpha value is -1.67. The van der Waals surface area contributed by atoms with Crippen LogP contribution in [0.1, 0.15) is 50.7 Å². The van der Waals surface area contributed by atoms with Crippen LogP contribution < -0.4 is 5.32 Å². The van der Waals surface area contributed by atoms with Gasteiger partial charge in [-0.3, -0.25) is 4.90 Å². The van der Waals surface area contributed by atoms with Crippen LogP contribution in [0, 0.1) is 18.8 Å². The number of guanidine groups is 1. The average molecular weight is 418 g/mol. The molecule has 168 valence electrons. The fourth-order valence-electron chi connectivity index (χ4n) is 5.44. The number of aliphatic imine (C=N–C) groups is 1. The molecule has 8 heteroatoms. The normalized spacial score (nSPS) is 27.2. The summed E-state index contributed by atoms with van der Waals surface area (Å²) in [4.78, 5) is 10.1. The van der Waals surface area contributed by atoms with Crippen LogP contribution in [-0.4, -0.2) is 82.5 Å². The molecule has 8 nitrogen and oxygen atoms in total. The molecule has 1 aromatic heterocycles. The second-order valence-electron chi connectivity index (χ2n) is 9.10. The molecule has 3 atom stereocenters. The van der Waals surface area contributed by atoms with Crippen LogP contribution in [0.15, 0.2) is 4.99 Å². The second kappa shape index (κ2) is 10.1. The first-order chi connectivity index (χ1) is 14.7. The molecule has 30 heavy (non-hydrogen) atoms. The van der Waals surface area contributed by atoms with E-state index in [1.54, 1.807) is 0 Å². The van der Waals surface area contributed by atoms with Crippen LogP contribution in [0.3, 0.4) is 0 Å². The molecular formula is C22H39N7O. The molecule has 4 rings (SSSR count). The van der Waals surface area contributed by atoms with E-state index in [4.69, 9.17) is 9.73 Å². The smallest absolute Gasteiger partial charge is 0.194 e. The first-order valence-electron chi connectivity index (χ1n) is 11.9. The number of nitrogens with zero attached hydrogens (tertiary/aromatic N) is 6. The summed E-state index contributed by atoms with van der Waals surface area (Å²) in [7, 11) is 2.00. The molecule has 1 saturated heterocycles. The summed E-state index contributed by atoms with van der Waals surface area (Å²) in [6.07, 6.45) is 6.84. The van der Waals surface area contributed by atoms with Crippen molar-refractivity contribution < 1.29 is 4.74 Å². The summed E-state index contributed by atoms with van der Waals surface area (Å²) in [6, 6.07) is 0.840. The highest BCUT2D eigenvalue weighted by Crippen LogP contribution is 2.46. The van der Waals surface area contributed by atoms with E-state index in [1.807, 2.05) is 25.5 Å². The van der Waals surface area contributed by atoms with Crippen LogP contribution in [0.25, 0.3) is 0 Å². The average Bonchev–Trinajstić information content (AvgIpc) is 3.48. The standard InChI is InChI=1S/C22H39N7O/c1-4-30-13-5-8-23-22(24-16-21-26-25-17(2)27(21)3)29-11-9-28(10-12-29)20-15-18-6-7-19(20)14-18/h18-20H,4-16H2,1-3H3,(H,23,24). The van der Waals surface area contributed by atoms with Crippen molar-refractivity contribution in [2.24, 2.45) is 23.9 Å². The number of rotatable bonds is 8. The van der Waals surface area contributed by atoms with E-state index in [0.29, 0.717) is 6.54 Å². The molecule has 1 N–H and O–H groups in total. The minimum Gasteiger partial charge on any atom is -0.382 e. The van der Waals surface area contributed by atoms with Gasteiger partial charge in [0.15, 0.2) is 11.8 Å². The lowest BCUT2D eigenvalue weighted by Crippen LogP contribution is -2.55. The van der Waals surface area contributed by atoms with Crippen LogP contribution in [0.4, 0.5) is 0 Å². The first kappa shape index (κ1) is 21.6. The van der Waals surface area contributed by atoms with Gasteiger partial charge in [0.2, 0.25) is 0 Å². The monoisotopic (exact) mass is 417 g/mol. The van der Waals surface area contributed by atoms with Gasteiger partial charge < -0.3 is 19.5 Å². The van der Waals surface area contributed by atoms with Crippen LogP contribution in [0.5, 0.6) is 0 Å². The highest BCUT2D eigenvalue weighted by atomic mass is 16.5. The predicted molar refractivity (Wildman–Crippen MR) is 118 cm³/mol. The van der Waals surface area contributed by atoms with E-state index < -0.39 is 0 Å². The van der Waals surface area contributed by atoms with E-state index in [9.17, 15) is 0 Å². The Morgan fingerprint density at radius 3 is 2.63 bits per heavy atom. The van der Waals surface area contributed by atoms with Crippen LogP contribution in [-0.2, 0) is 18.3 Å². The Morgan fingerprint density at radius 2 is 2.00 bits per heavy atom. The quantitative estimate of drug-likeness (QED) is 0.395. The molecule has 3 unspecified atom stereocenters. The van der Waals surface area contributed by atoms with Crippen molar-refractivity contribution in [3.05, 3.63) is 11.6 Å². The summed E-state index contributed by atoms with van der Waals surface area (Å²) in [6.45, 7) is 11.4. The largest absolute Gasteiger partial charge is 0.382 e. The van der Waals surface area contributed by atoms with Crippen molar-refractivity contribution in [2.45, 2.75) is 58.5 Å². The van der Waals surface area contributed by atoms with E-state index in [0.717, 1.165) is 87.8 Å². The number of aromatic nitrogens is 3. The number of hydrogen-bond donors (Lipinski definition) is 1. The number of piperazine rings is 1. The molecule has 3 fully saturated rings. The maximum absolute atomic E-state index is 5.48. The zero-order valence-electron chi connectivity index (χ0n) is 19.0. The topological polar surface area (TPSA) is 70.8 Å². The second-order valence-corrected chi connectivity index (χ2v) is 9.10. The highest BCUT2D eigenvalue weighted by molar-refractivity contribution is 5.80. The summed E-state index contributed by atoms with van der Waals surface area (Å²) in [5.74, 6) is 4.80. The molecule has 0 amide bonds. The van der Waals surface area contributed by atoms with Crippen molar-refractivity contribution in [1.82, 2.24) is 29.9 Å². The van der Waals surface area contributed by atoms with Gasteiger partial charge in [0.05, 0.1) is 0 Å². The highest BCUT2D eigenvalue weighted by Gasteiger charge is 2.42. The molecule has 3 aliphatic rings. The van der Waals surface area contributed by atoms with Gasteiger partial charge in [-0.1, -0.05) is 6.42 Å². The number of fused-ring (bicyclic) bond motifs is 2. The number of aryl methyl sites for hydroxylation is 1. The van der Waals surface area contributed by atoms with Crippen LogP contribution >= 0.6 is 0 Å². The molecule has 2 aliphatic carbocycles. The van der Waals surface area contributed by atoms with Crippen LogP contribution in [0.2, 0.25) is 0 Å². The third kappa shape index (κ3) is 4.97. The molecule has 2 saturated carbocycles. The number of hydrogen-bond acceptors (Lipinski definition) is 5. The molecule has 0 aromatic carbocycles. The van der Waals surface area contributed by atoms with E-state index >= 15 is 0 Å². The summed E-state index contributed by atoms with van der Waals surface area (Å²) in [5, 5.41) is 12.0. The maximum atomic E-state index is 5.48. The minimum atomic E-state index is 0.553. The van der Waals surface area contributed by atoms with Crippen molar-refractivity contribution >= 4 is 5.96 Å². The van der Waals surface area contributed by atoms with Gasteiger partial charge in [0.25, 0.3) is 0 Å². The van der Waals surface area contributed by atoms with Crippen molar-refractivity contribution in [2.75, 3.05) is 45.9 Å². The van der Waals surface area contributed by atoms with E-state index in [2.05, 4.69) is 25.3 Å². The van der Waals surface area contributed by atoms with Gasteiger partial charge in [0.1, 0.15) is 12.4 Å². The van der Waals surface area contributed by atoms with Gasteiger partial charge >= 0.3 is 0 Å². The van der Waals surface area contributed by atoms with Gasteiger partial charge in [-0.05, 0) is 51.4 Å². The minimum absolute atomic E-state index is 0.553. The molecule has 2 heterocycles. The van der Waals surface area contributed by atoms with Gasteiger partial charge in [-0.15, -0.1) is 10.2 Å². The Bertz CT molecular complexity index is 710. The Kier molecular flexibility index (Phi) is 7.25. The lowest BCUT2D eigenvalue weighted by Gasteiger charge is -2.42. The Balaban J connectivity index is 1.34. The van der Waals surface area contributed by atoms with Crippen molar-refractivity contribution in [3.63, 3.8) is 0 Å². The lowest BCUT2D eigenvalue weighted by molar-refractivity contribution is 0.0956. The fourth-order valence-corrected chi connectivity index (χ4v) is 5.44. The molecule has 0 spiro atoms. The SMILES string of the molecule is CCOCCCNC(=NCc1nnc(C)n1C)N1CCN(C2CC3CCC2C3)CC1. The molecule has 1 aliphatic heterocycles. The third-order valence-corrected chi connectivity index (χ3v) is 7.29. The summed E-state index contributed by atoms with van der Waals surface area (Å²) >= 11 is 0. The van der Waals surface area contributed by atoms with Gasteiger partial charge in [0, 0.05) is 59.0 Å². The van der Waals surface area contributed by atoms with Crippen molar-refractivity contribution in [1.29, 1.82) is 0 Å². The number of nitrogens with one attached hydrogen (secondary N) is 1. The molecule has 0 radical (unpaired) electrons. The van der Waals surface area contributed by atoms with E-state index in [-0.39, 0.29) is 0 Å². The van der Waals surface area contributed by atoms with Crippen molar-refractivity contribution in [3.8, 4) is 0 Å². The number of ether oxygens (including phenoxy) is 1. The maximum Gasteiger partial charge on any atom is 0.194 e. The van der Waals surface area contributed by atoms with Gasteiger partial charge in [-0.2, -0.15) is 0 Å². The Labute approximate surface area is 181 Å². The lowest BCUT2D eigenvalue weighted by atomic mass is 9.93. The predicted octanol–water partition coefficient (Wildman–Crippen LogP) is 1.80. The third-order valence-electron chi connectivity index (χ3n) is 7.29. The van der Waals surface area contributed by atoms with Gasteiger partial charge in [-0.25, -0.2) is 4.99 Å². The van der Waals surface area contributed by atoms with E-state index in [1.165, 1.54) is 25.7 Å². The molecule has 1 aromatic rings.